The number of benzene rings is 2. The quantitative estimate of drug-likeness (QED) is 0.520. The van der Waals surface area contributed by atoms with E-state index in [0.717, 1.165) is 29.2 Å². The molecule has 0 unspecified atom stereocenters. The summed E-state index contributed by atoms with van der Waals surface area (Å²) in [7, 11) is 4.80. The summed E-state index contributed by atoms with van der Waals surface area (Å²) in [4.78, 5) is 4.66. The Labute approximate surface area is 170 Å². The summed E-state index contributed by atoms with van der Waals surface area (Å²) < 4.78 is 27.1. The number of guanidine groups is 1. The van der Waals surface area contributed by atoms with Gasteiger partial charge in [0.25, 0.3) is 0 Å². The first-order valence-electron chi connectivity index (χ1n) is 9.38. The maximum atomic E-state index is 5.54. The largest absolute Gasteiger partial charge is 0.493 e. The molecule has 2 aromatic rings. The van der Waals surface area contributed by atoms with Crippen molar-refractivity contribution in [1.29, 1.82) is 0 Å². The lowest BCUT2D eigenvalue weighted by molar-refractivity contribution is 0.174. The van der Waals surface area contributed by atoms with E-state index in [-0.39, 0.29) is 6.79 Å². The van der Waals surface area contributed by atoms with Crippen molar-refractivity contribution < 1.29 is 23.7 Å². The van der Waals surface area contributed by atoms with Crippen molar-refractivity contribution in [1.82, 2.24) is 10.6 Å². The molecule has 0 fully saturated rings. The maximum Gasteiger partial charge on any atom is 0.231 e. The zero-order valence-electron chi connectivity index (χ0n) is 17.2. The lowest BCUT2D eigenvalue weighted by atomic mass is 10.1. The van der Waals surface area contributed by atoms with Crippen molar-refractivity contribution >= 4 is 5.96 Å². The van der Waals surface area contributed by atoms with E-state index in [1.165, 1.54) is 0 Å². The monoisotopic (exact) mass is 401 g/mol. The van der Waals surface area contributed by atoms with Gasteiger partial charge in [0.1, 0.15) is 0 Å². The predicted molar refractivity (Wildman–Crippen MR) is 110 cm³/mol. The summed E-state index contributed by atoms with van der Waals surface area (Å²) in [6.07, 6.45) is 0. The second-order valence-electron chi connectivity index (χ2n) is 6.23. The molecule has 29 heavy (non-hydrogen) atoms. The van der Waals surface area contributed by atoms with Gasteiger partial charge in [-0.15, -0.1) is 0 Å². The lowest BCUT2D eigenvalue weighted by Gasteiger charge is -2.17. The van der Waals surface area contributed by atoms with Gasteiger partial charge in [-0.25, -0.2) is 4.99 Å². The molecule has 3 rings (SSSR count). The third-order valence-electron chi connectivity index (χ3n) is 4.43. The molecule has 2 N–H and O–H groups in total. The van der Waals surface area contributed by atoms with Crippen molar-refractivity contribution in [2.75, 3.05) is 34.7 Å². The molecule has 0 spiro atoms. The second kappa shape index (κ2) is 9.77. The first-order chi connectivity index (χ1) is 14.2. The van der Waals surface area contributed by atoms with Crippen LogP contribution < -0.4 is 34.3 Å². The van der Waals surface area contributed by atoms with Crippen molar-refractivity contribution in [2.24, 2.45) is 4.99 Å². The summed E-state index contributed by atoms with van der Waals surface area (Å²) >= 11 is 0. The van der Waals surface area contributed by atoms with E-state index >= 15 is 0 Å². The number of hydrogen-bond acceptors (Lipinski definition) is 6. The fourth-order valence-corrected chi connectivity index (χ4v) is 3.03. The number of nitrogens with zero attached hydrogens (tertiary/aromatic N) is 1. The maximum absolute atomic E-state index is 5.54. The number of fused-ring (bicyclic) bond motifs is 1. The van der Waals surface area contributed by atoms with E-state index in [9.17, 15) is 0 Å². The molecule has 2 aromatic carbocycles. The summed E-state index contributed by atoms with van der Waals surface area (Å²) in [5.74, 6) is 4.04. The molecule has 0 bridgehead atoms. The van der Waals surface area contributed by atoms with E-state index < -0.39 is 0 Å². The van der Waals surface area contributed by atoms with Crippen molar-refractivity contribution in [2.45, 2.75) is 20.0 Å². The lowest BCUT2D eigenvalue weighted by Crippen LogP contribution is -2.36. The average molecular weight is 401 g/mol. The average Bonchev–Trinajstić information content (AvgIpc) is 3.22. The number of nitrogens with one attached hydrogen (secondary N) is 2. The van der Waals surface area contributed by atoms with Crippen LogP contribution in [0.3, 0.4) is 0 Å². The summed E-state index contributed by atoms with van der Waals surface area (Å²) in [5, 5.41) is 6.58. The molecule has 1 aliphatic rings. The number of ether oxygens (including phenoxy) is 5. The number of rotatable bonds is 8. The van der Waals surface area contributed by atoms with Crippen molar-refractivity contribution in [3.8, 4) is 28.7 Å². The van der Waals surface area contributed by atoms with Crippen LogP contribution in [0.25, 0.3) is 0 Å². The van der Waals surface area contributed by atoms with Crippen LogP contribution in [0, 0.1) is 0 Å². The van der Waals surface area contributed by atoms with Crippen LogP contribution in [-0.2, 0) is 13.1 Å². The Morgan fingerprint density at radius 2 is 1.76 bits per heavy atom. The van der Waals surface area contributed by atoms with Crippen LogP contribution in [0.15, 0.2) is 35.3 Å². The Kier molecular flexibility index (Phi) is 6.89. The van der Waals surface area contributed by atoms with Gasteiger partial charge in [-0.3, -0.25) is 0 Å². The molecule has 8 nitrogen and oxygen atoms in total. The molecule has 156 valence electrons. The Morgan fingerprint density at radius 3 is 2.48 bits per heavy atom. The fourth-order valence-electron chi connectivity index (χ4n) is 3.03. The van der Waals surface area contributed by atoms with Gasteiger partial charge in [0.05, 0.1) is 27.9 Å². The molecular weight excluding hydrogens is 374 g/mol. The van der Waals surface area contributed by atoms with Crippen LogP contribution in [-0.4, -0.2) is 40.6 Å². The molecular formula is C21H27N3O5. The molecule has 1 aliphatic heterocycles. The van der Waals surface area contributed by atoms with Gasteiger partial charge in [-0.1, -0.05) is 6.07 Å². The van der Waals surface area contributed by atoms with Crippen LogP contribution in [0.5, 0.6) is 28.7 Å². The highest BCUT2D eigenvalue weighted by Crippen LogP contribution is 2.39. The topological polar surface area (TPSA) is 82.6 Å². The van der Waals surface area contributed by atoms with Crippen molar-refractivity contribution in [3.63, 3.8) is 0 Å². The molecule has 1 heterocycles. The summed E-state index contributed by atoms with van der Waals surface area (Å²) in [6.45, 7) is 4.05. The molecule has 8 heteroatoms. The van der Waals surface area contributed by atoms with Gasteiger partial charge in [-0.2, -0.15) is 0 Å². The highest BCUT2D eigenvalue weighted by atomic mass is 16.7. The minimum atomic E-state index is 0.263. The molecule has 0 saturated carbocycles. The second-order valence-corrected chi connectivity index (χ2v) is 6.23. The highest BCUT2D eigenvalue weighted by Gasteiger charge is 2.16. The van der Waals surface area contributed by atoms with Crippen molar-refractivity contribution in [3.05, 3.63) is 41.5 Å². The van der Waals surface area contributed by atoms with E-state index in [2.05, 4.69) is 15.6 Å². The number of aliphatic imine (C=N–C) groups is 1. The molecule has 0 atom stereocenters. The molecule has 0 aromatic heterocycles. The molecule has 0 radical (unpaired) electrons. The van der Waals surface area contributed by atoms with Gasteiger partial charge in [0.2, 0.25) is 12.5 Å². The standard InChI is InChI=1S/C21H27N3O5/c1-5-22-21(23-11-14-6-8-16-18(10-14)29-13-28-16)24-12-15-7-9-17(25-2)20(27-4)19(15)26-3/h6-10H,5,11-13H2,1-4H3,(H2,22,23,24). The van der Waals surface area contributed by atoms with E-state index in [1.807, 2.05) is 37.3 Å². The van der Waals surface area contributed by atoms with Gasteiger partial charge in [-0.05, 0) is 36.8 Å². The van der Waals surface area contributed by atoms with Crippen LogP contribution >= 0.6 is 0 Å². The normalized spacial score (nSPS) is 12.5. The van der Waals surface area contributed by atoms with Crippen LogP contribution in [0.4, 0.5) is 0 Å². The van der Waals surface area contributed by atoms with E-state index in [1.54, 1.807) is 21.3 Å². The number of methoxy groups -OCH3 is 3. The van der Waals surface area contributed by atoms with Gasteiger partial charge in [0.15, 0.2) is 29.0 Å². The fraction of sp³-hybridized carbons (Fsp3) is 0.381. The molecule has 0 amide bonds. The summed E-state index contributed by atoms with van der Waals surface area (Å²) in [6, 6.07) is 9.64. The van der Waals surface area contributed by atoms with Crippen LogP contribution in [0.2, 0.25) is 0 Å². The summed E-state index contributed by atoms with van der Waals surface area (Å²) in [5.41, 5.74) is 1.97. The van der Waals surface area contributed by atoms with E-state index in [0.29, 0.717) is 36.3 Å². The van der Waals surface area contributed by atoms with Gasteiger partial charge in [0, 0.05) is 18.7 Å². The van der Waals surface area contributed by atoms with Gasteiger partial charge < -0.3 is 34.3 Å². The third-order valence-corrected chi connectivity index (χ3v) is 4.43. The third kappa shape index (κ3) is 4.77. The Hall–Kier alpha value is -3.29. The highest BCUT2D eigenvalue weighted by molar-refractivity contribution is 5.80. The van der Waals surface area contributed by atoms with Gasteiger partial charge >= 0.3 is 0 Å². The zero-order chi connectivity index (χ0) is 20.6. The smallest absolute Gasteiger partial charge is 0.231 e. The first kappa shape index (κ1) is 20.4. The number of hydrogen-bond donors (Lipinski definition) is 2. The van der Waals surface area contributed by atoms with Crippen LogP contribution in [0.1, 0.15) is 18.1 Å². The SMILES string of the molecule is CCNC(=NCc1ccc2c(c1)OCO2)NCc1ccc(OC)c(OC)c1OC. The zero-order valence-corrected chi connectivity index (χ0v) is 17.2. The molecule has 0 saturated heterocycles. The minimum absolute atomic E-state index is 0.263. The Bertz CT molecular complexity index is 870. The Balaban J connectivity index is 1.71. The predicted octanol–water partition coefficient (Wildman–Crippen LogP) is 2.70. The minimum Gasteiger partial charge on any atom is -0.493 e. The van der Waals surface area contributed by atoms with E-state index in [4.69, 9.17) is 23.7 Å². The molecule has 0 aliphatic carbocycles. The first-order valence-corrected chi connectivity index (χ1v) is 9.38. The Morgan fingerprint density at radius 1 is 0.966 bits per heavy atom.